The number of hydrogen-bond donors (Lipinski definition) is 0. The molecule has 2 aromatic heterocycles. The van der Waals surface area contributed by atoms with Crippen molar-refractivity contribution in [1.82, 2.24) is 14.8 Å². The molecule has 0 atom stereocenters. The Labute approximate surface area is 126 Å². The highest BCUT2D eigenvalue weighted by atomic mass is 32.2. The van der Waals surface area contributed by atoms with Crippen LogP contribution in [0, 0.1) is 6.92 Å². The maximum Gasteiger partial charge on any atom is 0.211 e. The van der Waals surface area contributed by atoms with E-state index in [-0.39, 0.29) is 10.1 Å². The predicted octanol–water partition coefficient (Wildman–Crippen LogP) is 2.61. The monoisotopic (exact) mass is 319 g/mol. The molecule has 3 aromatic rings. The molecule has 0 unspecified atom stereocenters. The van der Waals surface area contributed by atoms with Gasteiger partial charge in [-0.25, -0.2) is 18.1 Å². The first kappa shape index (κ1) is 14.0. The van der Waals surface area contributed by atoms with E-state index in [4.69, 9.17) is 0 Å². The van der Waals surface area contributed by atoms with Crippen molar-refractivity contribution in [1.29, 1.82) is 0 Å². The van der Waals surface area contributed by atoms with Crippen molar-refractivity contribution in [2.75, 3.05) is 0 Å². The third-order valence-electron chi connectivity index (χ3n) is 2.95. The summed E-state index contributed by atoms with van der Waals surface area (Å²) < 4.78 is 26.3. The number of thiazole rings is 1. The van der Waals surface area contributed by atoms with Crippen LogP contribution in [0.5, 0.6) is 0 Å². The van der Waals surface area contributed by atoms with Crippen molar-refractivity contribution in [3.05, 3.63) is 59.4 Å². The molecule has 3 rings (SSSR count). The van der Waals surface area contributed by atoms with Gasteiger partial charge in [0.05, 0.1) is 11.4 Å². The molecular weight excluding hydrogens is 306 g/mol. The van der Waals surface area contributed by atoms with Crippen LogP contribution in [0.1, 0.15) is 11.4 Å². The second kappa shape index (κ2) is 5.42. The lowest BCUT2D eigenvalue weighted by atomic mass is 10.3. The van der Waals surface area contributed by atoms with E-state index < -0.39 is 9.84 Å². The van der Waals surface area contributed by atoms with Crippen LogP contribution in [0.3, 0.4) is 0 Å². The Kier molecular flexibility index (Phi) is 3.60. The van der Waals surface area contributed by atoms with Crippen LogP contribution in [0.4, 0.5) is 0 Å². The van der Waals surface area contributed by atoms with Crippen LogP contribution in [0.15, 0.2) is 52.3 Å². The van der Waals surface area contributed by atoms with Gasteiger partial charge in [0, 0.05) is 17.3 Å². The molecule has 0 aliphatic rings. The number of para-hydroxylation sites is 1. The molecule has 0 spiro atoms. The average molecular weight is 319 g/mol. The van der Waals surface area contributed by atoms with E-state index >= 15 is 0 Å². The average Bonchev–Trinajstić information content (AvgIpc) is 3.09. The topological polar surface area (TPSA) is 64.8 Å². The minimum absolute atomic E-state index is 0.134. The third kappa shape index (κ3) is 2.88. The zero-order valence-electron chi connectivity index (χ0n) is 11.3. The molecule has 7 heteroatoms. The standard InChI is InChI=1S/C14H13N3O2S2/c1-11-9-12(10-21(18,19)14-15-7-8-20-14)16-17(11)13-5-3-2-4-6-13/h2-9H,10H2,1H3. The number of hydrogen-bond acceptors (Lipinski definition) is 5. The first-order chi connectivity index (χ1) is 10.1. The van der Waals surface area contributed by atoms with Crippen molar-refractivity contribution in [2.45, 2.75) is 17.0 Å². The van der Waals surface area contributed by atoms with Crippen LogP contribution in [-0.4, -0.2) is 23.2 Å². The van der Waals surface area contributed by atoms with Crippen molar-refractivity contribution < 1.29 is 8.42 Å². The Balaban J connectivity index is 1.92. The van der Waals surface area contributed by atoms with Crippen LogP contribution >= 0.6 is 11.3 Å². The Hall–Kier alpha value is -1.99. The van der Waals surface area contributed by atoms with Gasteiger partial charge in [0.15, 0.2) is 0 Å². The van der Waals surface area contributed by atoms with Crippen LogP contribution in [0.25, 0.3) is 5.69 Å². The van der Waals surface area contributed by atoms with Crippen molar-refractivity contribution >= 4 is 21.2 Å². The molecule has 0 bridgehead atoms. The maximum absolute atomic E-state index is 12.2. The summed E-state index contributed by atoms with van der Waals surface area (Å²) in [5.74, 6) is -0.138. The Morgan fingerprint density at radius 3 is 2.67 bits per heavy atom. The molecule has 0 radical (unpaired) electrons. The Morgan fingerprint density at radius 2 is 2.00 bits per heavy atom. The lowest BCUT2D eigenvalue weighted by Crippen LogP contribution is -2.06. The molecule has 21 heavy (non-hydrogen) atoms. The zero-order chi connectivity index (χ0) is 14.9. The quantitative estimate of drug-likeness (QED) is 0.741. The van der Waals surface area contributed by atoms with Gasteiger partial charge in [-0.2, -0.15) is 5.10 Å². The summed E-state index contributed by atoms with van der Waals surface area (Å²) in [7, 11) is -3.42. The Bertz CT molecular complexity index is 838. The Morgan fingerprint density at radius 1 is 1.24 bits per heavy atom. The number of nitrogens with zero attached hydrogens (tertiary/aromatic N) is 3. The van der Waals surface area contributed by atoms with Gasteiger partial charge < -0.3 is 0 Å². The fraction of sp³-hybridized carbons (Fsp3) is 0.143. The van der Waals surface area contributed by atoms with E-state index in [0.29, 0.717) is 5.69 Å². The number of sulfone groups is 1. The number of rotatable bonds is 4. The summed E-state index contributed by atoms with van der Waals surface area (Å²) >= 11 is 1.12. The number of aromatic nitrogens is 3. The molecule has 0 N–H and O–H groups in total. The van der Waals surface area contributed by atoms with Gasteiger partial charge in [0.2, 0.25) is 14.2 Å². The van der Waals surface area contributed by atoms with Gasteiger partial charge in [-0.3, -0.25) is 0 Å². The smallest absolute Gasteiger partial charge is 0.211 e. The van der Waals surface area contributed by atoms with E-state index in [1.54, 1.807) is 16.1 Å². The van der Waals surface area contributed by atoms with Crippen molar-refractivity contribution in [3.8, 4) is 5.69 Å². The van der Waals surface area contributed by atoms with Crippen LogP contribution in [0.2, 0.25) is 0 Å². The molecule has 108 valence electrons. The normalized spacial score (nSPS) is 11.7. The van der Waals surface area contributed by atoms with E-state index in [2.05, 4.69) is 10.1 Å². The van der Waals surface area contributed by atoms with Gasteiger partial charge >= 0.3 is 0 Å². The van der Waals surface area contributed by atoms with Gasteiger partial charge in [-0.15, -0.1) is 11.3 Å². The van der Waals surface area contributed by atoms with Crippen LogP contribution < -0.4 is 0 Å². The first-order valence-electron chi connectivity index (χ1n) is 6.29. The maximum atomic E-state index is 12.2. The first-order valence-corrected chi connectivity index (χ1v) is 8.83. The van der Waals surface area contributed by atoms with Crippen LogP contribution in [-0.2, 0) is 15.6 Å². The predicted molar refractivity (Wildman–Crippen MR) is 81.3 cm³/mol. The minimum Gasteiger partial charge on any atom is -0.238 e. The highest BCUT2D eigenvalue weighted by Crippen LogP contribution is 2.19. The summed E-state index contributed by atoms with van der Waals surface area (Å²) in [6.45, 7) is 1.90. The van der Waals surface area contributed by atoms with Crippen molar-refractivity contribution in [2.24, 2.45) is 0 Å². The van der Waals surface area contributed by atoms with E-state index in [0.717, 1.165) is 22.7 Å². The fourth-order valence-electron chi connectivity index (χ4n) is 2.06. The molecular formula is C14H13N3O2S2. The molecule has 2 heterocycles. The second-order valence-electron chi connectivity index (χ2n) is 4.58. The molecule has 5 nitrogen and oxygen atoms in total. The second-order valence-corrected chi connectivity index (χ2v) is 7.64. The van der Waals surface area contributed by atoms with E-state index in [1.165, 1.54) is 6.20 Å². The molecule has 0 aliphatic heterocycles. The molecule has 0 saturated carbocycles. The number of benzene rings is 1. The van der Waals surface area contributed by atoms with E-state index in [9.17, 15) is 8.42 Å². The molecule has 0 amide bonds. The summed E-state index contributed by atoms with van der Waals surface area (Å²) in [6.07, 6.45) is 1.49. The SMILES string of the molecule is Cc1cc(CS(=O)(=O)c2nccs2)nn1-c1ccccc1. The van der Waals surface area contributed by atoms with Crippen molar-refractivity contribution in [3.63, 3.8) is 0 Å². The van der Waals surface area contributed by atoms with Gasteiger partial charge in [0.1, 0.15) is 5.75 Å². The van der Waals surface area contributed by atoms with E-state index in [1.807, 2.05) is 37.3 Å². The lowest BCUT2D eigenvalue weighted by Gasteiger charge is -2.03. The van der Waals surface area contributed by atoms with Gasteiger partial charge in [-0.1, -0.05) is 18.2 Å². The minimum atomic E-state index is -3.42. The molecule has 0 fully saturated rings. The number of aryl methyl sites for hydroxylation is 1. The summed E-state index contributed by atoms with van der Waals surface area (Å²) in [5.41, 5.74) is 2.32. The summed E-state index contributed by atoms with van der Waals surface area (Å²) in [6, 6.07) is 11.4. The third-order valence-corrected chi connectivity index (χ3v) is 5.88. The highest BCUT2D eigenvalue weighted by molar-refractivity contribution is 7.92. The molecule has 1 aromatic carbocycles. The van der Waals surface area contributed by atoms with Gasteiger partial charge in [-0.05, 0) is 25.1 Å². The lowest BCUT2D eigenvalue weighted by molar-refractivity contribution is 0.593. The largest absolute Gasteiger partial charge is 0.238 e. The molecule has 0 saturated heterocycles. The fourth-order valence-corrected chi connectivity index (χ4v) is 4.23. The highest BCUT2D eigenvalue weighted by Gasteiger charge is 2.20. The summed E-state index contributed by atoms with van der Waals surface area (Å²) in [4.78, 5) is 3.87. The van der Waals surface area contributed by atoms with Gasteiger partial charge in [0.25, 0.3) is 0 Å². The summed E-state index contributed by atoms with van der Waals surface area (Å²) in [5, 5.41) is 6.04. The molecule has 0 aliphatic carbocycles. The zero-order valence-corrected chi connectivity index (χ0v) is 12.9.